The number of rotatable bonds is 8. The van der Waals surface area contributed by atoms with Gasteiger partial charge < -0.3 is 15.0 Å². The molecule has 2 aromatic rings. The quantitative estimate of drug-likeness (QED) is 0.646. The van der Waals surface area contributed by atoms with E-state index in [9.17, 15) is 13.2 Å². The molecule has 1 N–H and O–H groups in total. The average molecular weight is 466 g/mol. The van der Waals surface area contributed by atoms with Crippen LogP contribution in [-0.2, 0) is 21.4 Å². The molecule has 0 unspecified atom stereocenters. The highest BCUT2D eigenvalue weighted by atomic mass is 35.5. The molecule has 0 aromatic heterocycles. The van der Waals surface area contributed by atoms with Crippen molar-refractivity contribution in [2.24, 2.45) is 0 Å². The number of amides is 1. The fourth-order valence-corrected chi connectivity index (χ4v) is 5.16. The number of hydrogen-bond donors (Lipinski definition) is 1. The van der Waals surface area contributed by atoms with E-state index < -0.39 is 22.0 Å². The largest absolute Gasteiger partial charge is 0.495 e. The summed E-state index contributed by atoms with van der Waals surface area (Å²) in [7, 11) is -2.25. The Hall–Kier alpha value is -2.45. The number of hydrogen-bond acceptors (Lipinski definition) is 5. The van der Waals surface area contributed by atoms with Crippen molar-refractivity contribution in [3.63, 3.8) is 0 Å². The van der Waals surface area contributed by atoms with Gasteiger partial charge in [-0.05, 0) is 55.7 Å². The van der Waals surface area contributed by atoms with Crippen LogP contribution in [0.5, 0.6) is 5.75 Å². The predicted octanol–water partition coefficient (Wildman–Crippen LogP) is 3.42. The van der Waals surface area contributed by atoms with Gasteiger partial charge in [0.2, 0.25) is 15.9 Å². The summed E-state index contributed by atoms with van der Waals surface area (Å²) >= 11 is 6.16. The lowest BCUT2D eigenvalue weighted by atomic mass is 10.2. The predicted molar refractivity (Wildman–Crippen MR) is 125 cm³/mol. The standard InChI is InChI=1S/C22H28ClN3O4S/c1-16(26(31(3,28)29)19-10-11-21(30-2)20(23)14-19)22(27)24-15-17-6-8-18(9-7-17)25-12-4-5-13-25/h6-11,14,16H,4-5,12-13,15H2,1-3H3,(H,24,27)/t16-/m0/s1. The summed E-state index contributed by atoms with van der Waals surface area (Å²) < 4.78 is 31.1. The number of ether oxygens (including phenoxy) is 1. The molecule has 0 saturated carbocycles. The minimum absolute atomic E-state index is 0.263. The molecular weight excluding hydrogens is 438 g/mol. The van der Waals surface area contributed by atoms with E-state index in [1.165, 1.54) is 31.7 Å². The normalized spacial score (nSPS) is 14.9. The van der Waals surface area contributed by atoms with Crippen molar-refractivity contribution in [2.45, 2.75) is 32.4 Å². The molecule has 1 heterocycles. The first-order chi connectivity index (χ1) is 14.7. The molecule has 3 rings (SSSR count). The molecule has 0 aliphatic carbocycles. The Morgan fingerprint density at radius 1 is 1.19 bits per heavy atom. The molecule has 7 nitrogen and oxygen atoms in total. The summed E-state index contributed by atoms with van der Waals surface area (Å²) in [6.07, 6.45) is 3.49. The van der Waals surface area contributed by atoms with Crippen LogP contribution in [0, 0.1) is 0 Å². The maximum absolute atomic E-state index is 12.8. The van der Waals surface area contributed by atoms with E-state index in [-0.39, 0.29) is 5.02 Å². The van der Waals surface area contributed by atoms with Crippen molar-refractivity contribution in [3.05, 3.63) is 53.1 Å². The van der Waals surface area contributed by atoms with Crippen LogP contribution in [0.3, 0.4) is 0 Å². The van der Waals surface area contributed by atoms with E-state index in [0.29, 0.717) is 18.0 Å². The molecule has 9 heteroatoms. The number of nitrogens with zero attached hydrogens (tertiary/aromatic N) is 2. The third-order valence-electron chi connectivity index (χ3n) is 5.35. The molecule has 1 aliphatic heterocycles. The van der Waals surface area contributed by atoms with Crippen molar-refractivity contribution < 1.29 is 17.9 Å². The number of sulfonamides is 1. The summed E-state index contributed by atoms with van der Waals surface area (Å²) in [6, 6.07) is 11.7. The molecule has 1 amide bonds. The summed E-state index contributed by atoms with van der Waals surface area (Å²) in [5.74, 6) is 0.0225. The van der Waals surface area contributed by atoms with Crippen molar-refractivity contribution in [3.8, 4) is 5.75 Å². The van der Waals surface area contributed by atoms with E-state index >= 15 is 0 Å². The molecule has 168 valence electrons. The van der Waals surface area contributed by atoms with Gasteiger partial charge in [0.05, 0.1) is 24.1 Å². The fraction of sp³-hybridized carbons (Fsp3) is 0.409. The molecule has 0 radical (unpaired) electrons. The Kier molecular flexibility index (Phi) is 7.33. The SMILES string of the molecule is COc1ccc(N([C@@H](C)C(=O)NCc2ccc(N3CCCC3)cc2)S(C)(=O)=O)cc1Cl. The number of anilines is 2. The number of nitrogens with one attached hydrogen (secondary N) is 1. The molecule has 31 heavy (non-hydrogen) atoms. The second-order valence-electron chi connectivity index (χ2n) is 7.63. The van der Waals surface area contributed by atoms with Gasteiger partial charge in [-0.2, -0.15) is 0 Å². The molecule has 0 bridgehead atoms. The zero-order chi connectivity index (χ0) is 22.6. The third-order valence-corrected chi connectivity index (χ3v) is 6.89. The highest BCUT2D eigenvalue weighted by Gasteiger charge is 2.29. The third kappa shape index (κ3) is 5.62. The number of halogens is 1. The maximum atomic E-state index is 12.8. The smallest absolute Gasteiger partial charge is 0.243 e. The van der Waals surface area contributed by atoms with Gasteiger partial charge in [0, 0.05) is 25.3 Å². The van der Waals surface area contributed by atoms with E-state index in [2.05, 4.69) is 22.3 Å². The number of benzene rings is 2. The minimum atomic E-state index is -3.73. The van der Waals surface area contributed by atoms with Gasteiger partial charge in [0.1, 0.15) is 11.8 Å². The summed E-state index contributed by atoms with van der Waals surface area (Å²) in [5, 5.41) is 3.09. The highest BCUT2D eigenvalue weighted by molar-refractivity contribution is 7.92. The fourth-order valence-electron chi connectivity index (χ4n) is 3.74. The van der Waals surface area contributed by atoms with Crippen molar-refractivity contribution in [1.82, 2.24) is 5.32 Å². The Bertz CT molecular complexity index is 1020. The summed E-state index contributed by atoms with van der Waals surface area (Å²) in [6.45, 7) is 4.00. The number of methoxy groups -OCH3 is 1. The molecule has 1 aliphatic rings. The molecule has 1 saturated heterocycles. The summed E-state index contributed by atoms with van der Waals surface area (Å²) in [4.78, 5) is 15.1. The van der Waals surface area contributed by atoms with Crippen LogP contribution in [0.25, 0.3) is 0 Å². The second kappa shape index (κ2) is 9.78. The van der Waals surface area contributed by atoms with Gasteiger partial charge in [-0.1, -0.05) is 23.7 Å². The summed E-state index contributed by atoms with van der Waals surface area (Å²) in [5.41, 5.74) is 2.42. The van der Waals surface area contributed by atoms with E-state index in [4.69, 9.17) is 16.3 Å². The first kappa shape index (κ1) is 23.2. The van der Waals surface area contributed by atoms with Gasteiger partial charge in [0.15, 0.2) is 0 Å². The van der Waals surface area contributed by atoms with Gasteiger partial charge in [-0.15, -0.1) is 0 Å². The van der Waals surface area contributed by atoms with Crippen molar-refractivity contribution in [2.75, 3.05) is 35.7 Å². The van der Waals surface area contributed by atoms with Crippen LogP contribution in [-0.4, -0.2) is 46.8 Å². The Morgan fingerprint density at radius 2 is 1.84 bits per heavy atom. The van der Waals surface area contributed by atoms with Gasteiger partial charge in [0.25, 0.3) is 0 Å². The Labute approximate surface area is 189 Å². The minimum Gasteiger partial charge on any atom is -0.495 e. The molecule has 2 aromatic carbocycles. The van der Waals surface area contributed by atoms with E-state index in [1.807, 2.05) is 12.1 Å². The molecule has 1 fully saturated rings. The Morgan fingerprint density at radius 3 is 2.39 bits per heavy atom. The van der Waals surface area contributed by atoms with Crippen LogP contribution < -0.4 is 19.3 Å². The molecule has 0 spiro atoms. The number of carbonyl (C=O) groups excluding carboxylic acids is 1. The lowest BCUT2D eigenvalue weighted by Crippen LogP contribution is -2.47. The van der Waals surface area contributed by atoms with Crippen LogP contribution in [0.15, 0.2) is 42.5 Å². The molecular formula is C22H28ClN3O4S. The Balaban J connectivity index is 1.69. The van der Waals surface area contributed by atoms with Crippen molar-refractivity contribution in [1.29, 1.82) is 0 Å². The van der Waals surface area contributed by atoms with Crippen LogP contribution in [0.4, 0.5) is 11.4 Å². The topological polar surface area (TPSA) is 79.0 Å². The zero-order valence-electron chi connectivity index (χ0n) is 18.0. The highest BCUT2D eigenvalue weighted by Crippen LogP contribution is 2.31. The average Bonchev–Trinajstić information content (AvgIpc) is 3.26. The first-order valence-corrected chi connectivity index (χ1v) is 12.4. The molecule has 1 atom stereocenters. The zero-order valence-corrected chi connectivity index (χ0v) is 19.5. The number of carbonyl (C=O) groups is 1. The maximum Gasteiger partial charge on any atom is 0.243 e. The lowest BCUT2D eigenvalue weighted by Gasteiger charge is -2.28. The monoisotopic (exact) mass is 465 g/mol. The van der Waals surface area contributed by atoms with Crippen LogP contribution in [0.1, 0.15) is 25.3 Å². The van der Waals surface area contributed by atoms with Crippen LogP contribution in [0.2, 0.25) is 5.02 Å². The first-order valence-electron chi connectivity index (χ1n) is 10.2. The van der Waals surface area contributed by atoms with Crippen LogP contribution >= 0.6 is 11.6 Å². The van der Waals surface area contributed by atoms with Gasteiger partial charge >= 0.3 is 0 Å². The van der Waals surface area contributed by atoms with Crippen molar-refractivity contribution >= 4 is 38.9 Å². The van der Waals surface area contributed by atoms with E-state index in [0.717, 1.165) is 29.2 Å². The van der Waals surface area contributed by atoms with Gasteiger partial charge in [-0.25, -0.2) is 8.42 Å². The van der Waals surface area contributed by atoms with E-state index in [1.54, 1.807) is 19.1 Å². The van der Waals surface area contributed by atoms with Gasteiger partial charge in [-0.3, -0.25) is 9.10 Å². The second-order valence-corrected chi connectivity index (χ2v) is 9.90. The lowest BCUT2D eigenvalue weighted by molar-refractivity contribution is -0.122.